The summed E-state index contributed by atoms with van der Waals surface area (Å²) < 4.78 is 1.92. The molecular formula is C13H16ClN3. The van der Waals surface area contributed by atoms with Gasteiger partial charge in [0.25, 0.3) is 0 Å². The first-order valence-electron chi connectivity index (χ1n) is 5.95. The molecule has 0 bridgehead atoms. The van der Waals surface area contributed by atoms with Gasteiger partial charge in [-0.1, -0.05) is 26.0 Å². The van der Waals surface area contributed by atoms with Crippen LogP contribution in [0.4, 0.5) is 0 Å². The monoisotopic (exact) mass is 249 g/mol. The molecule has 1 aromatic heterocycles. The molecule has 0 unspecified atom stereocenters. The highest BCUT2D eigenvalue weighted by Gasteiger charge is 2.11. The van der Waals surface area contributed by atoms with Crippen LogP contribution in [0.3, 0.4) is 0 Å². The molecule has 0 saturated carbocycles. The Hall–Kier alpha value is -1.35. The molecule has 0 aliphatic heterocycles. The average molecular weight is 250 g/mol. The van der Waals surface area contributed by atoms with Crippen molar-refractivity contribution in [2.75, 3.05) is 0 Å². The van der Waals surface area contributed by atoms with Gasteiger partial charge in [0.2, 0.25) is 5.28 Å². The Balaban J connectivity index is 2.47. The molecule has 0 fully saturated rings. The van der Waals surface area contributed by atoms with Crippen molar-refractivity contribution in [3.63, 3.8) is 0 Å². The van der Waals surface area contributed by atoms with Gasteiger partial charge in [0.1, 0.15) is 5.82 Å². The maximum absolute atomic E-state index is 6.10. The Kier molecular flexibility index (Phi) is 3.79. The van der Waals surface area contributed by atoms with Crippen LogP contribution in [0.5, 0.6) is 0 Å². The topological polar surface area (TPSA) is 30.7 Å². The van der Waals surface area contributed by atoms with Gasteiger partial charge in [-0.2, -0.15) is 0 Å². The predicted octanol–water partition coefficient (Wildman–Crippen LogP) is 3.44. The highest BCUT2D eigenvalue weighted by Crippen LogP contribution is 2.19. The Morgan fingerprint density at radius 1 is 1.24 bits per heavy atom. The Labute approximate surface area is 106 Å². The van der Waals surface area contributed by atoms with E-state index in [0.29, 0.717) is 5.28 Å². The number of benzene rings is 1. The van der Waals surface area contributed by atoms with Crippen molar-refractivity contribution >= 4 is 11.6 Å². The van der Waals surface area contributed by atoms with Gasteiger partial charge in [0.15, 0.2) is 0 Å². The van der Waals surface area contributed by atoms with E-state index in [-0.39, 0.29) is 0 Å². The summed E-state index contributed by atoms with van der Waals surface area (Å²) in [6, 6.07) is 8.32. The third-order valence-electron chi connectivity index (χ3n) is 2.74. The van der Waals surface area contributed by atoms with Gasteiger partial charge < -0.3 is 0 Å². The average Bonchev–Trinajstić information content (AvgIpc) is 2.71. The Morgan fingerprint density at radius 2 is 2.06 bits per heavy atom. The zero-order valence-corrected chi connectivity index (χ0v) is 10.9. The van der Waals surface area contributed by atoms with Crippen molar-refractivity contribution in [3.05, 3.63) is 40.9 Å². The summed E-state index contributed by atoms with van der Waals surface area (Å²) >= 11 is 6.10. The summed E-state index contributed by atoms with van der Waals surface area (Å²) in [4.78, 5) is 0. The summed E-state index contributed by atoms with van der Waals surface area (Å²) in [6.45, 7) is 4.26. The molecule has 0 atom stereocenters. The first kappa shape index (κ1) is 12.1. The minimum atomic E-state index is 0.432. The molecule has 0 saturated heterocycles. The first-order chi connectivity index (χ1) is 8.26. The van der Waals surface area contributed by atoms with Crippen molar-refractivity contribution in [2.24, 2.45) is 0 Å². The summed E-state index contributed by atoms with van der Waals surface area (Å²) in [5, 5.41) is 8.50. The highest BCUT2D eigenvalue weighted by atomic mass is 35.5. The van der Waals surface area contributed by atoms with Gasteiger partial charge in [-0.3, -0.25) is 4.57 Å². The van der Waals surface area contributed by atoms with Crippen LogP contribution in [-0.4, -0.2) is 14.8 Å². The molecule has 4 heteroatoms. The number of rotatable bonds is 4. The minimum Gasteiger partial charge on any atom is -0.270 e. The molecule has 0 N–H and O–H groups in total. The maximum Gasteiger partial charge on any atom is 0.229 e. The Morgan fingerprint density at radius 3 is 2.76 bits per heavy atom. The van der Waals surface area contributed by atoms with Crippen LogP contribution in [0, 0.1) is 0 Å². The number of hydrogen-bond donors (Lipinski definition) is 0. The smallest absolute Gasteiger partial charge is 0.229 e. The van der Waals surface area contributed by atoms with Crippen LogP contribution in [0.2, 0.25) is 5.28 Å². The largest absolute Gasteiger partial charge is 0.270 e. The molecule has 0 spiro atoms. The van der Waals surface area contributed by atoms with Crippen LogP contribution >= 0.6 is 11.6 Å². The van der Waals surface area contributed by atoms with Gasteiger partial charge in [-0.15, -0.1) is 10.2 Å². The lowest BCUT2D eigenvalue weighted by Crippen LogP contribution is -2.01. The number of hydrogen-bond acceptors (Lipinski definition) is 2. The molecule has 1 heterocycles. The molecule has 0 amide bonds. The summed E-state index contributed by atoms with van der Waals surface area (Å²) in [5.74, 6) is 0.922. The lowest BCUT2D eigenvalue weighted by molar-refractivity contribution is 0.802. The number of aryl methyl sites for hydroxylation is 2. The Bertz CT molecular complexity index is 505. The number of aromatic nitrogens is 3. The fraction of sp³-hybridized carbons (Fsp3) is 0.385. The number of nitrogens with zero attached hydrogens (tertiary/aromatic N) is 3. The van der Waals surface area contributed by atoms with E-state index in [2.05, 4.69) is 36.2 Å². The van der Waals surface area contributed by atoms with Crippen molar-refractivity contribution in [1.29, 1.82) is 0 Å². The van der Waals surface area contributed by atoms with Crippen LogP contribution in [0.15, 0.2) is 24.3 Å². The zero-order chi connectivity index (χ0) is 12.3. The fourth-order valence-electron chi connectivity index (χ4n) is 1.85. The molecule has 0 aliphatic carbocycles. The van der Waals surface area contributed by atoms with Crippen LogP contribution in [0.1, 0.15) is 31.7 Å². The molecule has 3 nitrogen and oxygen atoms in total. The van der Waals surface area contributed by atoms with E-state index < -0.39 is 0 Å². The molecule has 17 heavy (non-hydrogen) atoms. The molecule has 90 valence electrons. The van der Waals surface area contributed by atoms with Gasteiger partial charge in [-0.05, 0) is 42.1 Å². The van der Waals surface area contributed by atoms with Gasteiger partial charge >= 0.3 is 0 Å². The lowest BCUT2D eigenvalue weighted by Gasteiger charge is -2.08. The molecule has 0 radical (unpaired) electrons. The van der Waals surface area contributed by atoms with Gasteiger partial charge in [0, 0.05) is 6.42 Å². The van der Waals surface area contributed by atoms with Crippen molar-refractivity contribution in [1.82, 2.24) is 14.8 Å². The number of halogens is 1. The lowest BCUT2D eigenvalue weighted by atomic mass is 10.1. The van der Waals surface area contributed by atoms with Gasteiger partial charge in [0.05, 0.1) is 5.69 Å². The van der Waals surface area contributed by atoms with E-state index >= 15 is 0 Å². The van der Waals surface area contributed by atoms with Crippen LogP contribution in [0.25, 0.3) is 5.69 Å². The van der Waals surface area contributed by atoms with Crippen molar-refractivity contribution < 1.29 is 0 Å². The van der Waals surface area contributed by atoms with Crippen molar-refractivity contribution in [2.45, 2.75) is 33.1 Å². The van der Waals surface area contributed by atoms with Crippen molar-refractivity contribution in [3.8, 4) is 5.69 Å². The molecular weight excluding hydrogens is 234 g/mol. The molecule has 1 aromatic carbocycles. The van der Waals surface area contributed by atoms with E-state index in [9.17, 15) is 0 Å². The molecule has 2 aromatic rings. The van der Waals surface area contributed by atoms with Crippen LogP contribution < -0.4 is 0 Å². The minimum absolute atomic E-state index is 0.432. The van der Waals surface area contributed by atoms with E-state index in [0.717, 1.165) is 30.8 Å². The molecule has 0 aliphatic rings. The SMILES string of the molecule is CCCc1nnc(Cl)n1-c1cccc(CC)c1. The van der Waals surface area contributed by atoms with E-state index in [4.69, 9.17) is 11.6 Å². The molecule has 2 rings (SSSR count). The zero-order valence-electron chi connectivity index (χ0n) is 10.2. The third-order valence-corrected chi connectivity index (χ3v) is 2.99. The normalized spacial score (nSPS) is 10.8. The fourth-order valence-corrected chi connectivity index (χ4v) is 2.08. The predicted molar refractivity (Wildman–Crippen MR) is 69.7 cm³/mol. The quantitative estimate of drug-likeness (QED) is 0.831. The summed E-state index contributed by atoms with van der Waals surface area (Å²) in [7, 11) is 0. The van der Waals surface area contributed by atoms with Gasteiger partial charge in [-0.25, -0.2) is 0 Å². The summed E-state index contributed by atoms with van der Waals surface area (Å²) in [6.07, 6.45) is 2.93. The first-order valence-corrected chi connectivity index (χ1v) is 6.33. The second-order valence-corrected chi connectivity index (χ2v) is 4.33. The second kappa shape index (κ2) is 5.32. The summed E-state index contributed by atoms with van der Waals surface area (Å²) in [5.41, 5.74) is 2.33. The van der Waals surface area contributed by atoms with E-state index in [1.54, 1.807) is 0 Å². The van der Waals surface area contributed by atoms with E-state index in [1.165, 1.54) is 5.56 Å². The standard InChI is InChI=1S/C13H16ClN3/c1-3-6-12-15-16-13(14)17(12)11-8-5-7-10(4-2)9-11/h5,7-9H,3-4,6H2,1-2H3. The van der Waals surface area contributed by atoms with Crippen LogP contribution in [-0.2, 0) is 12.8 Å². The van der Waals surface area contributed by atoms with E-state index in [1.807, 2.05) is 16.7 Å². The highest BCUT2D eigenvalue weighted by molar-refractivity contribution is 6.28. The second-order valence-electron chi connectivity index (χ2n) is 3.99. The maximum atomic E-state index is 6.10. The third kappa shape index (κ3) is 2.50.